The molecule has 10 heteroatoms. The highest BCUT2D eigenvalue weighted by molar-refractivity contribution is 6.07. The second kappa shape index (κ2) is 9.60. The number of carbonyl (C=O) groups is 1. The minimum atomic E-state index is -0.627. The lowest BCUT2D eigenvalue weighted by Gasteiger charge is -2.13. The van der Waals surface area contributed by atoms with Crippen molar-refractivity contribution < 1.29 is 14.5 Å². The van der Waals surface area contributed by atoms with Crippen LogP contribution in [0.15, 0.2) is 73.1 Å². The van der Waals surface area contributed by atoms with Crippen LogP contribution in [0.1, 0.15) is 17.3 Å². The number of nitrogens with one attached hydrogen (secondary N) is 3. The normalized spacial score (nSPS) is 10.5. The average molecular weight is 444 g/mol. The topological polar surface area (TPSA) is 131 Å². The van der Waals surface area contributed by atoms with Crippen molar-refractivity contribution in [3.8, 4) is 5.75 Å². The van der Waals surface area contributed by atoms with Crippen LogP contribution >= 0.6 is 0 Å². The molecule has 0 saturated carbocycles. The van der Waals surface area contributed by atoms with Crippen LogP contribution in [0.5, 0.6) is 5.75 Å². The zero-order valence-electron chi connectivity index (χ0n) is 17.6. The van der Waals surface area contributed by atoms with Gasteiger partial charge in [-0.05, 0) is 35.9 Å². The van der Waals surface area contributed by atoms with Gasteiger partial charge in [0, 0.05) is 5.56 Å². The summed E-state index contributed by atoms with van der Waals surface area (Å²) in [4.78, 5) is 31.9. The Labute approximate surface area is 188 Å². The monoisotopic (exact) mass is 444 g/mol. The molecule has 0 aliphatic heterocycles. The fourth-order valence-corrected chi connectivity index (χ4v) is 3.32. The van der Waals surface area contributed by atoms with Crippen molar-refractivity contribution in [1.29, 1.82) is 0 Å². The molecule has 4 aromatic rings. The summed E-state index contributed by atoms with van der Waals surface area (Å²) in [5, 5.41) is 16.4. The molecule has 33 heavy (non-hydrogen) atoms. The quantitative estimate of drug-likeness (QED) is 0.269. The molecular weight excluding hydrogens is 424 g/mol. The maximum atomic E-state index is 12.8. The molecule has 1 amide bonds. The number of nitro groups is 1. The van der Waals surface area contributed by atoms with Gasteiger partial charge in [0.1, 0.15) is 12.1 Å². The Balaban J connectivity index is 1.60. The van der Waals surface area contributed by atoms with Gasteiger partial charge in [0.25, 0.3) is 5.91 Å². The van der Waals surface area contributed by atoms with Crippen LogP contribution in [0.3, 0.4) is 0 Å². The van der Waals surface area contributed by atoms with Gasteiger partial charge in [-0.25, -0.2) is 9.97 Å². The molecule has 0 spiro atoms. The fraction of sp³-hybridized carbons (Fsp3) is 0.0870. The number of rotatable bonds is 8. The lowest BCUT2D eigenvalue weighted by molar-refractivity contribution is -0.383. The van der Waals surface area contributed by atoms with E-state index in [0.29, 0.717) is 23.6 Å². The van der Waals surface area contributed by atoms with Gasteiger partial charge in [-0.2, -0.15) is 0 Å². The minimum absolute atomic E-state index is 0.0518. The summed E-state index contributed by atoms with van der Waals surface area (Å²) in [7, 11) is 0. The first kappa shape index (κ1) is 21.5. The van der Waals surface area contributed by atoms with Crippen molar-refractivity contribution in [1.82, 2.24) is 15.4 Å². The van der Waals surface area contributed by atoms with Crippen LogP contribution < -0.4 is 20.9 Å². The number of para-hydroxylation sites is 2. The molecule has 3 N–H and O–H groups in total. The number of hydrogen-bond acceptors (Lipinski definition) is 8. The Morgan fingerprint density at radius 3 is 2.55 bits per heavy atom. The number of carbonyl (C=O) groups excluding carboxylic acids is 1. The van der Waals surface area contributed by atoms with E-state index in [2.05, 4.69) is 26.1 Å². The highest BCUT2D eigenvalue weighted by Gasteiger charge is 2.24. The molecule has 3 aromatic carbocycles. The standard InChI is InChI=1S/C23H20N6O4/c1-2-33-19-13-6-5-12-18(19)26-21-20(29(31)32)22(25-14-24-21)27-28-23(30)17-11-7-9-15-8-3-4-10-16(15)17/h3-14H,2H2,1H3,(H,28,30)(H2,24,25,26,27). The first-order chi connectivity index (χ1) is 16.1. The van der Waals surface area contributed by atoms with E-state index in [1.807, 2.05) is 37.3 Å². The predicted molar refractivity (Wildman–Crippen MR) is 125 cm³/mol. The van der Waals surface area contributed by atoms with Gasteiger partial charge in [-0.3, -0.25) is 25.8 Å². The lowest BCUT2D eigenvalue weighted by atomic mass is 10.0. The molecule has 0 aliphatic rings. The zero-order chi connectivity index (χ0) is 23.2. The molecule has 10 nitrogen and oxygen atoms in total. The van der Waals surface area contributed by atoms with Crippen molar-refractivity contribution in [3.05, 3.63) is 88.7 Å². The minimum Gasteiger partial charge on any atom is -0.492 e. The lowest BCUT2D eigenvalue weighted by Crippen LogP contribution is -2.30. The van der Waals surface area contributed by atoms with Crippen LogP contribution in [0, 0.1) is 10.1 Å². The number of nitrogens with zero attached hydrogens (tertiary/aromatic N) is 3. The van der Waals surface area contributed by atoms with Crippen molar-refractivity contribution in [2.45, 2.75) is 6.92 Å². The number of hydrogen-bond donors (Lipinski definition) is 3. The maximum Gasteiger partial charge on any atom is 0.355 e. The van der Waals surface area contributed by atoms with E-state index in [-0.39, 0.29) is 11.6 Å². The summed E-state index contributed by atoms with van der Waals surface area (Å²) in [6, 6.07) is 19.8. The summed E-state index contributed by atoms with van der Waals surface area (Å²) < 4.78 is 5.55. The first-order valence-electron chi connectivity index (χ1n) is 10.1. The predicted octanol–water partition coefficient (Wildman–Crippen LogP) is 4.44. The van der Waals surface area contributed by atoms with E-state index in [1.54, 1.807) is 36.4 Å². The van der Waals surface area contributed by atoms with Crippen molar-refractivity contribution in [2.24, 2.45) is 0 Å². The number of anilines is 3. The van der Waals surface area contributed by atoms with E-state index in [0.717, 1.165) is 17.1 Å². The average Bonchev–Trinajstić information content (AvgIpc) is 2.83. The van der Waals surface area contributed by atoms with E-state index in [9.17, 15) is 14.9 Å². The second-order valence-corrected chi connectivity index (χ2v) is 6.84. The molecule has 0 radical (unpaired) electrons. The Kier molecular flexibility index (Phi) is 6.26. The molecule has 4 rings (SSSR count). The molecular formula is C23H20N6O4. The van der Waals surface area contributed by atoms with E-state index < -0.39 is 16.5 Å². The second-order valence-electron chi connectivity index (χ2n) is 6.84. The number of fused-ring (bicyclic) bond motifs is 1. The molecule has 1 aromatic heterocycles. The number of benzene rings is 3. The van der Waals surface area contributed by atoms with Gasteiger partial charge >= 0.3 is 5.69 Å². The summed E-state index contributed by atoms with van der Waals surface area (Å²) in [5.41, 5.74) is 5.54. The SMILES string of the molecule is CCOc1ccccc1Nc1ncnc(NNC(=O)c2cccc3ccccc23)c1[N+](=O)[O-]. The van der Waals surface area contributed by atoms with E-state index >= 15 is 0 Å². The molecule has 0 unspecified atom stereocenters. The van der Waals surface area contributed by atoms with Gasteiger partial charge in [-0.1, -0.05) is 48.5 Å². The largest absolute Gasteiger partial charge is 0.492 e. The zero-order valence-corrected chi connectivity index (χ0v) is 17.6. The molecule has 0 fully saturated rings. The Hall–Kier alpha value is -4.73. The molecule has 0 bridgehead atoms. The summed E-state index contributed by atoms with van der Waals surface area (Å²) in [6.45, 7) is 2.27. The molecule has 0 saturated heterocycles. The van der Waals surface area contributed by atoms with Crippen molar-refractivity contribution >= 4 is 39.7 Å². The van der Waals surface area contributed by atoms with Gasteiger partial charge in [0.2, 0.25) is 11.6 Å². The number of ether oxygens (including phenoxy) is 1. The maximum absolute atomic E-state index is 12.8. The summed E-state index contributed by atoms with van der Waals surface area (Å²) in [5.74, 6) is -0.161. The number of aromatic nitrogens is 2. The highest BCUT2D eigenvalue weighted by atomic mass is 16.6. The highest BCUT2D eigenvalue weighted by Crippen LogP contribution is 2.34. The van der Waals surface area contributed by atoms with Crippen LogP contribution in [-0.4, -0.2) is 27.4 Å². The van der Waals surface area contributed by atoms with Gasteiger partial charge in [0.15, 0.2) is 0 Å². The molecule has 0 atom stereocenters. The Bertz CT molecular complexity index is 1320. The third-order valence-electron chi connectivity index (χ3n) is 4.77. The third kappa shape index (κ3) is 4.64. The third-order valence-corrected chi connectivity index (χ3v) is 4.77. The Morgan fingerprint density at radius 2 is 1.73 bits per heavy atom. The van der Waals surface area contributed by atoms with Crippen LogP contribution in [-0.2, 0) is 0 Å². The van der Waals surface area contributed by atoms with Crippen molar-refractivity contribution in [3.63, 3.8) is 0 Å². The van der Waals surface area contributed by atoms with Crippen LogP contribution in [0.2, 0.25) is 0 Å². The fourth-order valence-electron chi connectivity index (χ4n) is 3.32. The van der Waals surface area contributed by atoms with Gasteiger partial charge < -0.3 is 10.1 Å². The number of hydrazine groups is 1. The van der Waals surface area contributed by atoms with Gasteiger partial charge in [-0.15, -0.1) is 0 Å². The molecule has 0 aliphatic carbocycles. The van der Waals surface area contributed by atoms with Crippen LogP contribution in [0.4, 0.5) is 23.0 Å². The van der Waals surface area contributed by atoms with Crippen molar-refractivity contribution in [2.75, 3.05) is 17.3 Å². The first-order valence-corrected chi connectivity index (χ1v) is 10.1. The summed E-state index contributed by atoms with van der Waals surface area (Å²) >= 11 is 0. The van der Waals surface area contributed by atoms with Crippen LogP contribution in [0.25, 0.3) is 10.8 Å². The molecule has 1 heterocycles. The Morgan fingerprint density at radius 1 is 1.00 bits per heavy atom. The van der Waals surface area contributed by atoms with E-state index in [1.165, 1.54) is 0 Å². The smallest absolute Gasteiger partial charge is 0.355 e. The van der Waals surface area contributed by atoms with Gasteiger partial charge in [0.05, 0.1) is 17.2 Å². The summed E-state index contributed by atoms with van der Waals surface area (Å²) in [6.07, 6.45) is 1.16. The number of amides is 1. The van der Waals surface area contributed by atoms with E-state index in [4.69, 9.17) is 4.74 Å². The molecule has 166 valence electrons.